The standard InChI is InChI=1S/C45H21N5OS/c46-22-25-12-15-39-32(18-25)29-7-1-3-10-37(29)49(39)27-13-16-41-33(19-27)34-20-28(14-17-42(34)52-41)50-38-11-4-2-8-31(38)43-36(24-48)45-35(21-40(43)50)30-9-5-6-26(23-47)44(30)51-45/h1-21H. The molecule has 6 nitrogen and oxygen atoms in total. The molecule has 0 spiro atoms. The van der Waals surface area contributed by atoms with Gasteiger partial charge in [0.05, 0.1) is 39.3 Å². The summed E-state index contributed by atoms with van der Waals surface area (Å²) in [6, 6.07) is 50.3. The highest BCUT2D eigenvalue weighted by Crippen LogP contribution is 2.43. The van der Waals surface area contributed by atoms with Crippen molar-refractivity contribution in [3.05, 3.63) is 144 Å². The molecule has 4 heterocycles. The maximum absolute atomic E-state index is 10.6. The summed E-state index contributed by atoms with van der Waals surface area (Å²) in [6.45, 7) is 0. The first kappa shape index (κ1) is 28.5. The van der Waals surface area contributed by atoms with E-state index in [1.165, 1.54) is 9.40 Å². The van der Waals surface area contributed by atoms with Crippen molar-refractivity contribution in [3.8, 4) is 29.6 Å². The zero-order valence-corrected chi connectivity index (χ0v) is 28.0. The number of nitrogens with zero attached hydrogens (tertiary/aromatic N) is 5. The van der Waals surface area contributed by atoms with Gasteiger partial charge in [-0.25, -0.2) is 0 Å². The van der Waals surface area contributed by atoms with Crippen molar-refractivity contribution in [2.45, 2.75) is 0 Å². The van der Waals surface area contributed by atoms with Crippen LogP contribution in [0.25, 0.3) is 97.1 Å². The highest BCUT2D eigenvalue weighted by molar-refractivity contribution is 7.25. The average molecular weight is 680 g/mol. The second kappa shape index (κ2) is 10.3. The molecular formula is C45H21N5OS. The first-order valence-electron chi connectivity index (χ1n) is 16.8. The van der Waals surface area contributed by atoms with Crippen molar-refractivity contribution < 1.29 is 4.42 Å². The van der Waals surface area contributed by atoms with Crippen LogP contribution in [0.2, 0.25) is 0 Å². The van der Waals surface area contributed by atoms with Crippen molar-refractivity contribution in [2.24, 2.45) is 0 Å². The zero-order chi connectivity index (χ0) is 34.7. The van der Waals surface area contributed by atoms with E-state index in [0.29, 0.717) is 27.9 Å². The summed E-state index contributed by atoms with van der Waals surface area (Å²) in [5, 5.41) is 37.9. The quantitative estimate of drug-likeness (QED) is 0.182. The van der Waals surface area contributed by atoms with Crippen LogP contribution in [-0.4, -0.2) is 9.13 Å². The Morgan fingerprint density at radius 1 is 0.462 bits per heavy atom. The van der Waals surface area contributed by atoms with Crippen LogP contribution in [0.5, 0.6) is 0 Å². The van der Waals surface area contributed by atoms with Gasteiger partial charge in [-0.3, -0.25) is 0 Å². The van der Waals surface area contributed by atoms with Crippen LogP contribution in [0, 0.1) is 34.0 Å². The summed E-state index contributed by atoms with van der Waals surface area (Å²) < 4.78 is 13.2. The van der Waals surface area contributed by atoms with E-state index < -0.39 is 0 Å². The predicted octanol–water partition coefficient (Wildman–Crippen LogP) is 11.8. The Morgan fingerprint density at radius 2 is 1.12 bits per heavy atom. The number of hydrogen-bond donors (Lipinski definition) is 0. The molecule has 0 N–H and O–H groups in total. The van der Waals surface area contributed by atoms with E-state index >= 15 is 0 Å². The monoisotopic (exact) mass is 679 g/mol. The van der Waals surface area contributed by atoms with Crippen LogP contribution in [-0.2, 0) is 0 Å². The lowest BCUT2D eigenvalue weighted by molar-refractivity contribution is 0.667. The second-order valence-electron chi connectivity index (χ2n) is 13.0. The Morgan fingerprint density at radius 3 is 1.83 bits per heavy atom. The van der Waals surface area contributed by atoms with Crippen LogP contribution in [0.4, 0.5) is 0 Å². The number of aromatic nitrogens is 2. The van der Waals surface area contributed by atoms with Gasteiger partial charge >= 0.3 is 0 Å². The summed E-state index contributed by atoms with van der Waals surface area (Å²) in [5.74, 6) is 0. The summed E-state index contributed by atoms with van der Waals surface area (Å²) in [7, 11) is 0. The van der Waals surface area contributed by atoms with Crippen molar-refractivity contribution in [2.75, 3.05) is 0 Å². The number of thiophene rings is 1. The molecule has 0 bridgehead atoms. The average Bonchev–Trinajstić information content (AvgIpc) is 3.94. The number of fused-ring (bicyclic) bond motifs is 12. The minimum atomic E-state index is 0.442. The number of nitriles is 3. The first-order chi connectivity index (χ1) is 25.6. The highest BCUT2D eigenvalue weighted by Gasteiger charge is 2.23. The summed E-state index contributed by atoms with van der Waals surface area (Å²) in [5.41, 5.74) is 8.61. The third kappa shape index (κ3) is 3.68. The lowest BCUT2D eigenvalue weighted by Gasteiger charge is -2.10. The largest absolute Gasteiger partial charge is 0.453 e. The van der Waals surface area contributed by atoms with E-state index in [9.17, 15) is 15.8 Å². The molecule has 7 heteroatoms. The van der Waals surface area contributed by atoms with Gasteiger partial charge in [0.15, 0.2) is 11.2 Å². The Balaban J connectivity index is 1.19. The molecule has 0 fully saturated rings. The van der Waals surface area contributed by atoms with Gasteiger partial charge in [0.1, 0.15) is 17.7 Å². The van der Waals surface area contributed by atoms with Crippen LogP contribution in [0.3, 0.4) is 0 Å². The molecule has 52 heavy (non-hydrogen) atoms. The Bertz CT molecular complexity index is 3520. The fourth-order valence-electron chi connectivity index (χ4n) is 8.20. The SMILES string of the molecule is N#Cc1ccc2c(c1)c1ccccc1n2-c1ccc2sc3ccc(-n4c5ccccc5c5c(C#N)c6oc7c(C#N)cccc7c6cc54)cc3c2c1. The molecule has 0 aliphatic rings. The minimum Gasteiger partial charge on any atom is -0.453 e. The normalized spacial score (nSPS) is 11.8. The van der Waals surface area contributed by atoms with Crippen molar-refractivity contribution >= 4 is 97.1 Å². The molecule has 0 saturated heterocycles. The van der Waals surface area contributed by atoms with Gasteiger partial charge in [0, 0.05) is 63.9 Å². The van der Waals surface area contributed by atoms with Gasteiger partial charge < -0.3 is 13.6 Å². The molecule has 0 amide bonds. The molecule has 7 aromatic carbocycles. The number of para-hydroxylation sites is 3. The van der Waals surface area contributed by atoms with Crippen molar-refractivity contribution in [1.29, 1.82) is 15.8 Å². The molecular weight excluding hydrogens is 659 g/mol. The van der Waals surface area contributed by atoms with Crippen LogP contribution in [0.15, 0.2) is 132 Å². The van der Waals surface area contributed by atoms with Gasteiger partial charge in [0.25, 0.3) is 0 Å². The van der Waals surface area contributed by atoms with Crippen LogP contribution >= 0.6 is 11.3 Å². The van der Waals surface area contributed by atoms with E-state index in [4.69, 9.17) is 4.42 Å². The molecule has 0 aliphatic heterocycles. The van der Waals surface area contributed by atoms with Gasteiger partial charge in [0.2, 0.25) is 0 Å². The lowest BCUT2D eigenvalue weighted by atomic mass is 10.0. The summed E-state index contributed by atoms with van der Waals surface area (Å²) >= 11 is 1.77. The first-order valence-corrected chi connectivity index (χ1v) is 17.6. The maximum Gasteiger partial charge on any atom is 0.154 e. The third-order valence-electron chi connectivity index (χ3n) is 10.4. The fraction of sp³-hybridized carbons (Fsp3) is 0. The van der Waals surface area contributed by atoms with E-state index in [2.05, 4.69) is 100 Å². The van der Waals surface area contributed by atoms with E-state index in [-0.39, 0.29) is 0 Å². The van der Waals surface area contributed by atoms with Gasteiger partial charge in [-0.1, -0.05) is 48.5 Å². The summed E-state index contributed by atoms with van der Waals surface area (Å²) in [4.78, 5) is 0. The summed E-state index contributed by atoms with van der Waals surface area (Å²) in [6.07, 6.45) is 0. The third-order valence-corrected chi connectivity index (χ3v) is 11.6. The Labute approximate surface area is 299 Å². The minimum absolute atomic E-state index is 0.442. The second-order valence-corrected chi connectivity index (χ2v) is 14.1. The Hall–Kier alpha value is -7.37. The molecule has 0 saturated carbocycles. The molecule has 11 aromatic rings. The topological polar surface area (TPSA) is 94.4 Å². The maximum atomic E-state index is 10.6. The number of rotatable bonds is 2. The smallest absolute Gasteiger partial charge is 0.154 e. The highest BCUT2D eigenvalue weighted by atomic mass is 32.1. The molecule has 0 atom stereocenters. The fourth-order valence-corrected chi connectivity index (χ4v) is 9.27. The van der Waals surface area contributed by atoms with E-state index in [0.717, 1.165) is 76.5 Å². The molecule has 0 radical (unpaired) electrons. The molecule has 4 aromatic heterocycles. The van der Waals surface area contributed by atoms with Gasteiger partial charge in [-0.05, 0) is 78.9 Å². The van der Waals surface area contributed by atoms with E-state index in [1.807, 2.05) is 48.5 Å². The Kier molecular flexibility index (Phi) is 5.65. The van der Waals surface area contributed by atoms with Crippen LogP contribution in [0.1, 0.15) is 16.7 Å². The van der Waals surface area contributed by atoms with E-state index in [1.54, 1.807) is 17.4 Å². The van der Waals surface area contributed by atoms with Gasteiger partial charge in [-0.15, -0.1) is 11.3 Å². The lowest BCUT2D eigenvalue weighted by Crippen LogP contribution is -1.94. The number of benzene rings is 7. The van der Waals surface area contributed by atoms with Crippen LogP contribution < -0.4 is 0 Å². The molecule has 238 valence electrons. The molecule has 0 aliphatic carbocycles. The van der Waals surface area contributed by atoms with Crippen molar-refractivity contribution in [3.63, 3.8) is 0 Å². The van der Waals surface area contributed by atoms with Crippen molar-refractivity contribution in [1.82, 2.24) is 9.13 Å². The molecule has 11 rings (SSSR count). The molecule has 0 unspecified atom stereocenters. The van der Waals surface area contributed by atoms with Gasteiger partial charge in [-0.2, -0.15) is 15.8 Å². The number of hydrogen-bond acceptors (Lipinski definition) is 5. The number of furan rings is 1. The zero-order valence-electron chi connectivity index (χ0n) is 27.2. The predicted molar refractivity (Wildman–Crippen MR) is 209 cm³/mol.